The number of urea groups is 1. The van der Waals surface area contributed by atoms with E-state index in [1.165, 1.54) is 11.8 Å². The molecule has 0 spiro atoms. The molecule has 1 aromatic carbocycles. The fourth-order valence-electron chi connectivity index (χ4n) is 3.17. The van der Waals surface area contributed by atoms with Gasteiger partial charge in [0, 0.05) is 24.4 Å². The third kappa shape index (κ3) is 4.61. The molecule has 1 aliphatic rings. The normalized spacial score (nSPS) is 16.6. The van der Waals surface area contributed by atoms with Crippen LogP contribution >= 0.6 is 11.8 Å². The lowest BCUT2D eigenvalue weighted by Crippen LogP contribution is -2.46. The van der Waals surface area contributed by atoms with E-state index in [-0.39, 0.29) is 18.6 Å². The molecule has 29 heavy (non-hydrogen) atoms. The maximum atomic E-state index is 12.8. The average Bonchev–Trinajstić information content (AvgIpc) is 3.07. The minimum absolute atomic E-state index is 0.247. The summed E-state index contributed by atoms with van der Waals surface area (Å²) in [5.74, 6) is 1.03. The third-order valence-electron chi connectivity index (χ3n) is 4.51. The molecule has 0 radical (unpaired) electrons. The first-order valence-corrected chi connectivity index (χ1v) is 10.5. The van der Waals surface area contributed by atoms with E-state index in [1.807, 2.05) is 41.9 Å². The first kappa shape index (κ1) is 20.9. The first-order valence-electron chi connectivity index (χ1n) is 9.47. The van der Waals surface area contributed by atoms with Crippen molar-refractivity contribution in [3.05, 3.63) is 53.0 Å². The number of carbonyl (C=O) groups is 2. The maximum Gasteiger partial charge on any atom is 0.338 e. The average molecular weight is 416 g/mol. The minimum atomic E-state index is -0.578. The van der Waals surface area contributed by atoms with Crippen molar-refractivity contribution in [1.29, 1.82) is 0 Å². The number of benzene rings is 1. The van der Waals surface area contributed by atoms with Crippen molar-refractivity contribution in [2.24, 2.45) is 7.05 Å². The van der Waals surface area contributed by atoms with Gasteiger partial charge in [-0.15, -0.1) is 10.2 Å². The number of hydrogen-bond acceptors (Lipinski definition) is 6. The van der Waals surface area contributed by atoms with Crippen LogP contribution in [0, 0.1) is 0 Å². The Bertz CT molecular complexity index is 923. The molecule has 1 aromatic heterocycles. The van der Waals surface area contributed by atoms with Crippen LogP contribution < -0.4 is 10.6 Å². The van der Waals surface area contributed by atoms with Crippen molar-refractivity contribution in [2.75, 3.05) is 12.4 Å². The van der Waals surface area contributed by atoms with Crippen molar-refractivity contribution >= 4 is 23.8 Å². The van der Waals surface area contributed by atoms with Crippen molar-refractivity contribution < 1.29 is 14.3 Å². The van der Waals surface area contributed by atoms with Crippen molar-refractivity contribution in [2.45, 2.75) is 37.9 Å². The number of nitrogens with zero attached hydrogens (tertiary/aromatic N) is 3. The predicted octanol–water partition coefficient (Wildman–Crippen LogP) is 2.90. The van der Waals surface area contributed by atoms with Gasteiger partial charge in [-0.25, -0.2) is 9.59 Å². The van der Waals surface area contributed by atoms with Crippen molar-refractivity contribution in [3.63, 3.8) is 0 Å². The summed E-state index contributed by atoms with van der Waals surface area (Å²) in [6.45, 7) is 6.11. The molecule has 1 unspecified atom stereocenters. The highest BCUT2D eigenvalue weighted by molar-refractivity contribution is 7.99. The molecular formula is C20H25N5O3S. The van der Waals surface area contributed by atoms with E-state index in [1.54, 1.807) is 6.92 Å². The largest absolute Gasteiger partial charge is 0.463 e. The van der Waals surface area contributed by atoms with Crippen LogP contribution in [-0.4, -0.2) is 39.1 Å². The second-order valence-electron chi connectivity index (χ2n) is 6.90. The molecule has 2 amide bonds. The molecule has 2 N–H and O–H groups in total. The lowest BCUT2D eigenvalue weighted by Gasteiger charge is -2.29. The van der Waals surface area contributed by atoms with Crippen LogP contribution in [-0.2, 0) is 16.6 Å². The molecule has 8 nitrogen and oxygen atoms in total. The van der Waals surface area contributed by atoms with Crippen LogP contribution in [0.25, 0.3) is 0 Å². The summed E-state index contributed by atoms with van der Waals surface area (Å²) in [5, 5.41) is 14.8. The summed E-state index contributed by atoms with van der Waals surface area (Å²) in [4.78, 5) is 25.1. The van der Waals surface area contributed by atoms with Gasteiger partial charge in [0.15, 0.2) is 5.16 Å². The number of esters is 1. The second-order valence-corrected chi connectivity index (χ2v) is 7.84. The number of nitrogens with one attached hydrogen (secondary N) is 2. The van der Waals surface area contributed by atoms with Crippen molar-refractivity contribution in [1.82, 2.24) is 25.4 Å². The quantitative estimate of drug-likeness (QED) is 0.533. The molecule has 0 aliphatic carbocycles. The highest BCUT2D eigenvalue weighted by atomic mass is 32.2. The van der Waals surface area contributed by atoms with Gasteiger partial charge in [0.1, 0.15) is 5.82 Å². The summed E-state index contributed by atoms with van der Waals surface area (Å²) in [6, 6.07) is 8.43. The van der Waals surface area contributed by atoms with Gasteiger partial charge in [0.2, 0.25) is 0 Å². The first-order chi connectivity index (χ1) is 13.9. The standard InChI is InChI=1S/C20H25N5O3S/c1-5-28-18(26)15-14(11-29-20-24-23-17(12(2)3)25(20)4)21-19(27)22-16(15)13-9-7-6-8-10-13/h6-10,12,16H,5,11H2,1-4H3,(H2,21,22,27). The molecule has 2 aromatic rings. The number of aromatic nitrogens is 3. The predicted molar refractivity (Wildman–Crippen MR) is 110 cm³/mol. The summed E-state index contributed by atoms with van der Waals surface area (Å²) in [7, 11) is 1.91. The summed E-state index contributed by atoms with van der Waals surface area (Å²) < 4.78 is 7.21. The lowest BCUT2D eigenvalue weighted by molar-refractivity contribution is -0.139. The van der Waals surface area contributed by atoms with Gasteiger partial charge in [-0.2, -0.15) is 0 Å². The van der Waals surface area contributed by atoms with Crippen LogP contribution in [0.5, 0.6) is 0 Å². The molecule has 3 rings (SSSR count). The van der Waals surface area contributed by atoms with Gasteiger partial charge in [-0.05, 0) is 12.5 Å². The van der Waals surface area contributed by atoms with E-state index in [0.717, 1.165) is 11.4 Å². The van der Waals surface area contributed by atoms with Gasteiger partial charge in [0.05, 0.1) is 18.2 Å². The van der Waals surface area contributed by atoms with Gasteiger partial charge in [0.25, 0.3) is 0 Å². The molecule has 0 fully saturated rings. The van der Waals surface area contributed by atoms with Crippen LogP contribution in [0.4, 0.5) is 4.79 Å². The Labute approximate surface area is 174 Å². The number of hydrogen-bond donors (Lipinski definition) is 2. The summed E-state index contributed by atoms with van der Waals surface area (Å²) in [5.41, 5.74) is 1.73. The molecule has 2 heterocycles. The fraction of sp³-hybridized carbons (Fsp3) is 0.400. The van der Waals surface area contributed by atoms with Gasteiger partial charge >= 0.3 is 12.0 Å². The summed E-state index contributed by atoms with van der Waals surface area (Å²) >= 11 is 1.41. The Morgan fingerprint density at radius 1 is 1.28 bits per heavy atom. The molecule has 9 heteroatoms. The van der Waals surface area contributed by atoms with E-state index in [9.17, 15) is 9.59 Å². The van der Waals surface area contributed by atoms with Crippen LogP contribution in [0.15, 0.2) is 46.8 Å². The Kier molecular flexibility index (Phi) is 6.58. The van der Waals surface area contributed by atoms with Crippen LogP contribution in [0.3, 0.4) is 0 Å². The highest BCUT2D eigenvalue weighted by Gasteiger charge is 2.33. The van der Waals surface area contributed by atoms with E-state index in [0.29, 0.717) is 22.2 Å². The number of amides is 2. The summed E-state index contributed by atoms with van der Waals surface area (Å²) in [6.07, 6.45) is 0. The molecule has 0 saturated heterocycles. The van der Waals surface area contributed by atoms with Crippen LogP contribution in [0.1, 0.15) is 44.1 Å². The maximum absolute atomic E-state index is 12.8. The third-order valence-corrected chi connectivity index (χ3v) is 5.56. The Hall–Kier alpha value is -2.81. The zero-order chi connectivity index (χ0) is 21.0. The van der Waals surface area contributed by atoms with Crippen LogP contribution in [0.2, 0.25) is 0 Å². The molecular weight excluding hydrogens is 390 g/mol. The monoisotopic (exact) mass is 415 g/mol. The minimum Gasteiger partial charge on any atom is -0.463 e. The Morgan fingerprint density at radius 3 is 2.62 bits per heavy atom. The molecule has 154 valence electrons. The molecule has 0 saturated carbocycles. The molecule has 1 aliphatic heterocycles. The zero-order valence-corrected chi connectivity index (χ0v) is 17.7. The number of rotatable bonds is 7. The van der Waals surface area contributed by atoms with Gasteiger partial charge in [-0.3, -0.25) is 0 Å². The van der Waals surface area contributed by atoms with E-state index >= 15 is 0 Å². The SMILES string of the molecule is CCOC(=O)C1=C(CSc2nnc(C(C)C)n2C)NC(=O)NC1c1ccccc1. The van der Waals surface area contributed by atoms with Crippen molar-refractivity contribution in [3.8, 4) is 0 Å². The number of thioether (sulfide) groups is 1. The highest BCUT2D eigenvalue weighted by Crippen LogP contribution is 2.30. The van der Waals surface area contributed by atoms with Gasteiger partial charge < -0.3 is 19.9 Å². The van der Waals surface area contributed by atoms with Gasteiger partial charge in [-0.1, -0.05) is 55.9 Å². The topological polar surface area (TPSA) is 98.1 Å². The Morgan fingerprint density at radius 2 is 2.00 bits per heavy atom. The smallest absolute Gasteiger partial charge is 0.338 e. The second kappa shape index (κ2) is 9.13. The van der Waals surface area contributed by atoms with E-state index in [4.69, 9.17) is 4.74 Å². The number of carbonyl (C=O) groups excluding carboxylic acids is 2. The van der Waals surface area contributed by atoms with E-state index < -0.39 is 12.0 Å². The van der Waals surface area contributed by atoms with E-state index in [2.05, 4.69) is 34.7 Å². The zero-order valence-electron chi connectivity index (χ0n) is 16.9. The fourth-order valence-corrected chi connectivity index (χ4v) is 4.06. The Balaban J connectivity index is 1.94. The number of ether oxygens (including phenoxy) is 1. The lowest BCUT2D eigenvalue weighted by atomic mass is 9.95. The molecule has 1 atom stereocenters. The molecule has 0 bridgehead atoms.